The molecule has 1 aliphatic rings. The minimum atomic E-state index is -0.915. The predicted molar refractivity (Wildman–Crippen MR) is 58.1 cm³/mol. The minimum Gasteiger partial charge on any atom is -0.466 e. The lowest BCUT2D eigenvalue weighted by atomic mass is 9.78. The Hall–Kier alpha value is -1.26. The van der Waals surface area contributed by atoms with Crippen LogP contribution >= 0.6 is 0 Å². The predicted octanol–water partition coefficient (Wildman–Crippen LogP) is 1.58. The molecule has 1 amide bonds. The monoisotopic (exact) mass is 229 g/mol. The number of carboxylic acid groups (broad SMARTS) is 1. The van der Waals surface area contributed by atoms with Crippen molar-refractivity contribution in [3.63, 3.8) is 0 Å². The van der Waals surface area contributed by atoms with E-state index in [1.807, 2.05) is 13.8 Å². The average molecular weight is 229 g/mol. The molecule has 0 aromatic heterocycles. The molecule has 0 unspecified atom stereocenters. The SMILES string of the molecule is CCOC(=O)C(C)(C)[C@H]1CCN(C(=O)O)C1. The summed E-state index contributed by atoms with van der Waals surface area (Å²) >= 11 is 0. The first-order valence-electron chi connectivity index (χ1n) is 5.54. The highest BCUT2D eigenvalue weighted by molar-refractivity contribution is 5.76. The maximum Gasteiger partial charge on any atom is 0.407 e. The van der Waals surface area contributed by atoms with E-state index in [9.17, 15) is 9.59 Å². The highest BCUT2D eigenvalue weighted by Gasteiger charge is 2.42. The van der Waals surface area contributed by atoms with Gasteiger partial charge < -0.3 is 14.7 Å². The minimum absolute atomic E-state index is 0.0441. The fourth-order valence-corrected chi connectivity index (χ4v) is 2.01. The van der Waals surface area contributed by atoms with Crippen molar-refractivity contribution in [2.75, 3.05) is 19.7 Å². The molecular weight excluding hydrogens is 210 g/mol. The topological polar surface area (TPSA) is 66.8 Å². The van der Waals surface area contributed by atoms with Crippen LogP contribution in [0.2, 0.25) is 0 Å². The number of esters is 1. The molecule has 16 heavy (non-hydrogen) atoms. The molecule has 0 aromatic rings. The maximum atomic E-state index is 11.7. The summed E-state index contributed by atoms with van der Waals surface area (Å²) in [6.07, 6.45) is -0.194. The van der Waals surface area contributed by atoms with Crippen molar-refractivity contribution in [1.29, 1.82) is 0 Å². The normalized spacial score (nSPS) is 20.9. The van der Waals surface area contributed by atoms with Crippen molar-refractivity contribution in [2.24, 2.45) is 11.3 Å². The first-order chi connectivity index (χ1) is 7.39. The lowest BCUT2D eigenvalue weighted by Gasteiger charge is -2.28. The Morgan fingerprint density at radius 2 is 2.12 bits per heavy atom. The molecule has 0 spiro atoms. The third kappa shape index (κ3) is 2.46. The molecular formula is C11H19NO4. The molecule has 1 rings (SSSR count). The molecule has 1 atom stereocenters. The highest BCUT2D eigenvalue weighted by atomic mass is 16.5. The molecule has 0 aliphatic carbocycles. The maximum absolute atomic E-state index is 11.7. The van der Waals surface area contributed by atoms with E-state index in [4.69, 9.17) is 9.84 Å². The van der Waals surface area contributed by atoms with Gasteiger partial charge in [0.2, 0.25) is 0 Å². The standard InChI is InChI=1S/C11H19NO4/c1-4-16-9(13)11(2,3)8-5-6-12(7-8)10(14)15/h8H,4-7H2,1-3H3,(H,14,15)/t8-/m0/s1. The van der Waals surface area contributed by atoms with Gasteiger partial charge in [-0.2, -0.15) is 0 Å². The largest absolute Gasteiger partial charge is 0.466 e. The number of ether oxygens (including phenoxy) is 1. The fraction of sp³-hybridized carbons (Fsp3) is 0.818. The number of hydrogen-bond acceptors (Lipinski definition) is 3. The molecule has 92 valence electrons. The van der Waals surface area contributed by atoms with Gasteiger partial charge in [0.1, 0.15) is 0 Å². The van der Waals surface area contributed by atoms with Crippen LogP contribution in [-0.4, -0.2) is 41.8 Å². The van der Waals surface area contributed by atoms with E-state index in [2.05, 4.69) is 0 Å². The van der Waals surface area contributed by atoms with Crippen LogP contribution in [0, 0.1) is 11.3 Å². The number of amides is 1. The van der Waals surface area contributed by atoms with Crippen molar-refractivity contribution in [1.82, 2.24) is 4.90 Å². The number of likely N-dealkylation sites (tertiary alicyclic amines) is 1. The second-order valence-electron chi connectivity index (χ2n) is 4.66. The molecule has 0 aromatic carbocycles. The van der Waals surface area contributed by atoms with Crippen molar-refractivity contribution in [2.45, 2.75) is 27.2 Å². The van der Waals surface area contributed by atoms with E-state index in [1.54, 1.807) is 6.92 Å². The molecule has 0 bridgehead atoms. The number of carbonyl (C=O) groups is 2. The van der Waals surface area contributed by atoms with Crippen molar-refractivity contribution >= 4 is 12.1 Å². The summed E-state index contributed by atoms with van der Waals surface area (Å²) in [6.45, 7) is 6.69. The first-order valence-corrected chi connectivity index (χ1v) is 5.54. The van der Waals surface area contributed by atoms with E-state index in [-0.39, 0.29) is 11.9 Å². The van der Waals surface area contributed by atoms with Crippen molar-refractivity contribution < 1.29 is 19.4 Å². The van der Waals surface area contributed by atoms with Crippen molar-refractivity contribution in [3.8, 4) is 0 Å². The van der Waals surface area contributed by atoms with Crippen LogP contribution < -0.4 is 0 Å². The van der Waals surface area contributed by atoms with Crippen LogP contribution in [0.5, 0.6) is 0 Å². The van der Waals surface area contributed by atoms with Crippen LogP contribution in [0.4, 0.5) is 4.79 Å². The molecule has 1 saturated heterocycles. The second-order valence-corrected chi connectivity index (χ2v) is 4.66. The molecule has 0 radical (unpaired) electrons. The Labute approximate surface area is 95.4 Å². The Balaban J connectivity index is 2.64. The van der Waals surface area contributed by atoms with Crippen LogP contribution in [0.15, 0.2) is 0 Å². The Morgan fingerprint density at radius 1 is 1.50 bits per heavy atom. The van der Waals surface area contributed by atoms with Crippen LogP contribution in [0.1, 0.15) is 27.2 Å². The quantitative estimate of drug-likeness (QED) is 0.746. The number of nitrogens with zero attached hydrogens (tertiary/aromatic N) is 1. The second kappa shape index (κ2) is 4.72. The summed E-state index contributed by atoms with van der Waals surface area (Å²) in [5, 5.41) is 8.85. The zero-order valence-electron chi connectivity index (χ0n) is 10.0. The zero-order valence-corrected chi connectivity index (χ0v) is 10.0. The first kappa shape index (κ1) is 12.8. The van der Waals surface area contributed by atoms with E-state index >= 15 is 0 Å². The lowest BCUT2D eigenvalue weighted by molar-refractivity contribution is -0.156. The summed E-state index contributed by atoms with van der Waals surface area (Å²) in [6, 6.07) is 0. The van der Waals surface area contributed by atoms with Gasteiger partial charge >= 0.3 is 12.1 Å². The van der Waals surface area contributed by atoms with Gasteiger partial charge in [0.05, 0.1) is 12.0 Å². The van der Waals surface area contributed by atoms with E-state index in [1.165, 1.54) is 4.90 Å². The van der Waals surface area contributed by atoms with Gasteiger partial charge in [0.25, 0.3) is 0 Å². The third-order valence-corrected chi connectivity index (χ3v) is 3.28. The van der Waals surface area contributed by atoms with Gasteiger partial charge in [0.15, 0.2) is 0 Å². The molecule has 1 heterocycles. The molecule has 5 heteroatoms. The van der Waals surface area contributed by atoms with Gasteiger partial charge in [-0.1, -0.05) is 0 Å². The molecule has 1 N–H and O–H groups in total. The Bertz CT molecular complexity index is 288. The van der Waals surface area contributed by atoms with E-state index in [0.29, 0.717) is 19.7 Å². The number of rotatable bonds is 3. The summed E-state index contributed by atoms with van der Waals surface area (Å²) in [4.78, 5) is 23.9. The fourth-order valence-electron chi connectivity index (χ4n) is 2.01. The lowest BCUT2D eigenvalue weighted by Crippen LogP contribution is -2.37. The van der Waals surface area contributed by atoms with Crippen LogP contribution in [-0.2, 0) is 9.53 Å². The summed E-state index contributed by atoms with van der Waals surface area (Å²) in [7, 11) is 0. The van der Waals surface area contributed by atoms with Gasteiger partial charge in [-0.15, -0.1) is 0 Å². The summed E-state index contributed by atoms with van der Waals surface area (Å²) in [5.74, 6) is -0.199. The molecule has 1 aliphatic heterocycles. The van der Waals surface area contributed by atoms with Gasteiger partial charge in [-0.3, -0.25) is 4.79 Å². The third-order valence-electron chi connectivity index (χ3n) is 3.28. The zero-order chi connectivity index (χ0) is 12.3. The Kier molecular flexibility index (Phi) is 3.78. The van der Waals surface area contributed by atoms with Gasteiger partial charge in [-0.25, -0.2) is 4.79 Å². The Morgan fingerprint density at radius 3 is 2.56 bits per heavy atom. The summed E-state index contributed by atoms with van der Waals surface area (Å²) in [5.41, 5.74) is -0.611. The van der Waals surface area contributed by atoms with Gasteiger partial charge in [-0.05, 0) is 33.1 Å². The van der Waals surface area contributed by atoms with E-state index < -0.39 is 11.5 Å². The summed E-state index contributed by atoms with van der Waals surface area (Å²) < 4.78 is 5.01. The van der Waals surface area contributed by atoms with E-state index in [0.717, 1.165) is 6.42 Å². The van der Waals surface area contributed by atoms with Crippen LogP contribution in [0.3, 0.4) is 0 Å². The molecule has 0 saturated carbocycles. The number of hydrogen-bond donors (Lipinski definition) is 1. The highest BCUT2D eigenvalue weighted by Crippen LogP contribution is 2.35. The molecule has 5 nitrogen and oxygen atoms in total. The molecule has 1 fully saturated rings. The number of carbonyl (C=O) groups excluding carboxylic acids is 1. The smallest absolute Gasteiger partial charge is 0.407 e. The average Bonchev–Trinajstić information content (AvgIpc) is 2.67. The van der Waals surface area contributed by atoms with Gasteiger partial charge in [0, 0.05) is 13.1 Å². The van der Waals surface area contributed by atoms with Crippen molar-refractivity contribution in [3.05, 3.63) is 0 Å². The van der Waals surface area contributed by atoms with Crippen LogP contribution in [0.25, 0.3) is 0 Å².